The number of rotatable bonds is 17. The van der Waals surface area contributed by atoms with Gasteiger partial charge in [-0.2, -0.15) is 31.6 Å². The Kier molecular flexibility index (Phi) is 16.1. The standard InChI is InChI=1S/C23H30N6O/c24-12-1-7-21(8-2-13-25)19-23(10-4-15-27,11-5-16-28)20-22(9-3-14-26)30-18-6-17-29/h21-22H,1-11,18-20H2. The Morgan fingerprint density at radius 2 is 1.03 bits per heavy atom. The lowest BCUT2D eigenvalue weighted by Crippen LogP contribution is -2.31. The highest BCUT2D eigenvalue weighted by Crippen LogP contribution is 2.44. The summed E-state index contributed by atoms with van der Waals surface area (Å²) in [7, 11) is 0. The van der Waals surface area contributed by atoms with Gasteiger partial charge in [0.05, 0.1) is 55.5 Å². The van der Waals surface area contributed by atoms with Crippen molar-refractivity contribution in [2.75, 3.05) is 6.61 Å². The number of hydrogen-bond donors (Lipinski definition) is 0. The molecule has 0 aliphatic rings. The van der Waals surface area contributed by atoms with Gasteiger partial charge < -0.3 is 4.74 Å². The largest absolute Gasteiger partial charge is 0.377 e. The van der Waals surface area contributed by atoms with Gasteiger partial charge in [-0.25, -0.2) is 0 Å². The summed E-state index contributed by atoms with van der Waals surface area (Å²) in [5.74, 6) is 0.150. The van der Waals surface area contributed by atoms with Crippen molar-refractivity contribution in [3.05, 3.63) is 0 Å². The van der Waals surface area contributed by atoms with E-state index in [1.807, 2.05) is 0 Å². The molecule has 0 aromatic rings. The van der Waals surface area contributed by atoms with Gasteiger partial charge in [-0.15, -0.1) is 0 Å². The van der Waals surface area contributed by atoms with Gasteiger partial charge in [-0.3, -0.25) is 0 Å². The highest BCUT2D eigenvalue weighted by molar-refractivity contribution is 4.92. The Labute approximate surface area is 180 Å². The Bertz CT molecular complexity index is 686. The molecule has 30 heavy (non-hydrogen) atoms. The first kappa shape index (κ1) is 26.9. The average molecular weight is 407 g/mol. The quantitative estimate of drug-likeness (QED) is 0.301. The minimum Gasteiger partial charge on any atom is -0.377 e. The second kappa shape index (κ2) is 18.0. The third-order valence-corrected chi connectivity index (χ3v) is 5.39. The van der Waals surface area contributed by atoms with E-state index in [9.17, 15) is 10.5 Å². The molecular formula is C23H30N6O. The Morgan fingerprint density at radius 1 is 0.567 bits per heavy atom. The van der Waals surface area contributed by atoms with Gasteiger partial charge >= 0.3 is 0 Å². The van der Waals surface area contributed by atoms with Crippen LogP contribution in [0.3, 0.4) is 0 Å². The van der Waals surface area contributed by atoms with Crippen molar-refractivity contribution in [1.82, 2.24) is 0 Å². The summed E-state index contributed by atoms with van der Waals surface area (Å²) in [6.45, 7) is 0.283. The van der Waals surface area contributed by atoms with Crippen LogP contribution in [0, 0.1) is 79.3 Å². The molecule has 0 N–H and O–H groups in total. The fourth-order valence-electron chi connectivity index (χ4n) is 3.98. The van der Waals surface area contributed by atoms with E-state index in [-0.39, 0.29) is 30.5 Å². The average Bonchev–Trinajstić information content (AvgIpc) is 2.76. The zero-order valence-electron chi connectivity index (χ0n) is 17.6. The SMILES string of the molecule is N#CCCOC(CCC#N)CC(CCC#N)(CCC#N)CC(CCC#N)CCC#N. The summed E-state index contributed by atoms with van der Waals surface area (Å²) in [5, 5.41) is 54.2. The molecule has 0 rings (SSSR count). The molecule has 1 unspecified atom stereocenters. The number of nitriles is 6. The van der Waals surface area contributed by atoms with Gasteiger partial charge in [0.25, 0.3) is 0 Å². The molecule has 0 aliphatic carbocycles. The smallest absolute Gasteiger partial charge is 0.0645 e. The molecule has 1 atom stereocenters. The lowest BCUT2D eigenvalue weighted by atomic mass is 9.67. The monoisotopic (exact) mass is 406 g/mol. The molecule has 0 spiro atoms. The fourth-order valence-corrected chi connectivity index (χ4v) is 3.98. The molecule has 158 valence electrons. The Balaban J connectivity index is 5.70. The first-order valence-corrected chi connectivity index (χ1v) is 10.4. The maximum Gasteiger partial charge on any atom is 0.0645 e. The van der Waals surface area contributed by atoms with Crippen LogP contribution >= 0.6 is 0 Å². The summed E-state index contributed by atoms with van der Waals surface area (Å²) < 4.78 is 5.90. The maximum absolute atomic E-state index is 9.21. The van der Waals surface area contributed by atoms with Crippen LogP contribution in [-0.4, -0.2) is 12.7 Å². The van der Waals surface area contributed by atoms with Crippen LogP contribution in [0.15, 0.2) is 0 Å². The molecule has 7 heteroatoms. The van der Waals surface area contributed by atoms with Crippen molar-refractivity contribution in [1.29, 1.82) is 31.6 Å². The van der Waals surface area contributed by atoms with Crippen molar-refractivity contribution in [3.63, 3.8) is 0 Å². The molecule has 0 bridgehead atoms. The molecule has 0 saturated carbocycles. The van der Waals surface area contributed by atoms with E-state index in [0.29, 0.717) is 77.0 Å². The van der Waals surface area contributed by atoms with Crippen LogP contribution in [0.4, 0.5) is 0 Å². The van der Waals surface area contributed by atoms with Crippen molar-refractivity contribution in [2.24, 2.45) is 11.3 Å². The molecular weight excluding hydrogens is 376 g/mol. The third kappa shape index (κ3) is 12.4. The van der Waals surface area contributed by atoms with Gasteiger partial charge in [-0.05, 0) is 56.3 Å². The van der Waals surface area contributed by atoms with E-state index in [1.54, 1.807) is 0 Å². The Hall–Kier alpha value is -3.10. The molecule has 0 aliphatic heterocycles. The molecule has 0 aromatic heterocycles. The molecule has 0 amide bonds. The lowest BCUT2D eigenvalue weighted by Gasteiger charge is -2.39. The van der Waals surface area contributed by atoms with Crippen LogP contribution in [-0.2, 0) is 4.74 Å². The second-order valence-corrected chi connectivity index (χ2v) is 7.58. The van der Waals surface area contributed by atoms with E-state index < -0.39 is 0 Å². The minimum atomic E-state index is -0.339. The van der Waals surface area contributed by atoms with Gasteiger partial charge in [0.2, 0.25) is 0 Å². The van der Waals surface area contributed by atoms with Gasteiger partial charge in [0, 0.05) is 32.1 Å². The highest BCUT2D eigenvalue weighted by atomic mass is 16.5. The van der Waals surface area contributed by atoms with E-state index in [4.69, 9.17) is 25.8 Å². The van der Waals surface area contributed by atoms with Gasteiger partial charge in [0.1, 0.15) is 0 Å². The van der Waals surface area contributed by atoms with Crippen molar-refractivity contribution < 1.29 is 4.74 Å². The normalized spacial score (nSPS) is 11.3. The predicted octanol–water partition coefficient (Wildman–Crippen LogP) is 5.19. The number of ether oxygens (including phenoxy) is 1. The zero-order valence-corrected chi connectivity index (χ0v) is 17.6. The minimum absolute atomic E-state index is 0.150. The molecule has 0 radical (unpaired) electrons. The maximum atomic E-state index is 9.21. The van der Waals surface area contributed by atoms with Crippen molar-refractivity contribution >= 4 is 0 Å². The lowest BCUT2D eigenvalue weighted by molar-refractivity contribution is 0.000599. The van der Waals surface area contributed by atoms with E-state index >= 15 is 0 Å². The number of nitrogens with zero attached hydrogens (tertiary/aromatic N) is 6. The molecule has 0 fully saturated rings. The van der Waals surface area contributed by atoms with Gasteiger partial charge in [0.15, 0.2) is 0 Å². The second-order valence-electron chi connectivity index (χ2n) is 7.58. The zero-order chi connectivity index (χ0) is 22.5. The van der Waals surface area contributed by atoms with Crippen LogP contribution < -0.4 is 0 Å². The topological polar surface area (TPSA) is 152 Å². The summed E-state index contributed by atoms with van der Waals surface area (Å²) in [4.78, 5) is 0. The van der Waals surface area contributed by atoms with Crippen LogP contribution in [0.25, 0.3) is 0 Å². The summed E-state index contributed by atoms with van der Waals surface area (Å²) in [6, 6.07) is 12.9. The first-order chi connectivity index (χ1) is 14.6. The van der Waals surface area contributed by atoms with E-state index in [2.05, 4.69) is 36.4 Å². The summed E-state index contributed by atoms with van der Waals surface area (Å²) in [6.07, 6.45) is 6.25. The molecule has 0 aromatic carbocycles. The third-order valence-electron chi connectivity index (χ3n) is 5.39. The van der Waals surface area contributed by atoms with E-state index in [1.165, 1.54) is 0 Å². The van der Waals surface area contributed by atoms with Crippen molar-refractivity contribution in [2.45, 2.75) is 89.6 Å². The van der Waals surface area contributed by atoms with Crippen LogP contribution in [0.2, 0.25) is 0 Å². The van der Waals surface area contributed by atoms with Gasteiger partial charge in [-0.1, -0.05) is 0 Å². The Morgan fingerprint density at radius 3 is 1.50 bits per heavy atom. The van der Waals surface area contributed by atoms with E-state index in [0.717, 1.165) is 0 Å². The first-order valence-electron chi connectivity index (χ1n) is 10.4. The van der Waals surface area contributed by atoms with Crippen molar-refractivity contribution in [3.8, 4) is 36.4 Å². The number of hydrogen-bond acceptors (Lipinski definition) is 7. The highest BCUT2D eigenvalue weighted by Gasteiger charge is 2.35. The predicted molar refractivity (Wildman–Crippen MR) is 109 cm³/mol. The summed E-state index contributed by atoms with van der Waals surface area (Å²) >= 11 is 0. The van der Waals surface area contributed by atoms with Crippen LogP contribution in [0.5, 0.6) is 0 Å². The van der Waals surface area contributed by atoms with Crippen LogP contribution in [0.1, 0.15) is 83.5 Å². The molecule has 0 heterocycles. The summed E-state index contributed by atoms with van der Waals surface area (Å²) in [5.41, 5.74) is -0.339. The fraction of sp³-hybridized carbons (Fsp3) is 0.739. The molecule has 0 saturated heterocycles. The molecule has 7 nitrogen and oxygen atoms in total.